The number of amides is 1. The van der Waals surface area contributed by atoms with E-state index in [0.717, 1.165) is 31.7 Å². The second-order valence-corrected chi connectivity index (χ2v) is 5.02. The first-order valence-corrected chi connectivity index (χ1v) is 6.43. The number of benzene rings is 1. The van der Waals surface area contributed by atoms with Crippen LogP contribution in [0, 0.1) is 0 Å². The van der Waals surface area contributed by atoms with Crippen molar-refractivity contribution in [2.45, 2.75) is 25.6 Å². The second-order valence-electron chi connectivity index (χ2n) is 5.02. The molecule has 0 aliphatic carbocycles. The topological polar surface area (TPSA) is 41.6 Å². The summed E-state index contributed by atoms with van der Waals surface area (Å²) >= 11 is 0. The predicted octanol–water partition coefficient (Wildman–Crippen LogP) is 1.15. The maximum absolute atomic E-state index is 12.4. The molecular weight excluding hydrogens is 228 g/mol. The van der Waals surface area contributed by atoms with Crippen LogP contribution in [0.1, 0.15) is 27.9 Å². The Bertz CT molecular complexity index is 467. The normalized spacial score (nSPS) is 21.9. The molecule has 1 saturated heterocycles. The van der Waals surface area contributed by atoms with E-state index in [0.29, 0.717) is 6.61 Å². The Morgan fingerprint density at radius 1 is 1.39 bits per heavy atom. The summed E-state index contributed by atoms with van der Waals surface area (Å²) in [5, 5.41) is 3.29. The molecule has 0 bridgehead atoms. The van der Waals surface area contributed by atoms with E-state index in [9.17, 15) is 4.79 Å². The van der Waals surface area contributed by atoms with Gasteiger partial charge in [0.2, 0.25) is 0 Å². The number of carbonyl (C=O) groups excluding carboxylic acids is 1. The van der Waals surface area contributed by atoms with Gasteiger partial charge in [0.05, 0.1) is 12.6 Å². The highest BCUT2D eigenvalue weighted by Crippen LogP contribution is 2.19. The Hall–Kier alpha value is -1.39. The smallest absolute Gasteiger partial charge is 0.253 e. The van der Waals surface area contributed by atoms with Gasteiger partial charge < -0.3 is 15.0 Å². The minimum atomic E-state index is 0.0974. The van der Waals surface area contributed by atoms with E-state index in [1.54, 1.807) is 0 Å². The molecule has 3 rings (SSSR count). The quantitative estimate of drug-likeness (QED) is 0.851. The first-order valence-electron chi connectivity index (χ1n) is 6.43. The molecule has 1 unspecified atom stereocenters. The molecule has 0 spiro atoms. The van der Waals surface area contributed by atoms with Crippen LogP contribution in [0.5, 0.6) is 0 Å². The summed E-state index contributed by atoms with van der Waals surface area (Å²) in [6, 6.07) is 6.23. The lowest BCUT2D eigenvalue weighted by atomic mass is 10.0. The monoisotopic (exact) mass is 246 g/mol. The van der Waals surface area contributed by atoms with Gasteiger partial charge in [0.1, 0.15) is 0 Å². The van der Waals surface area contributed by atoms with Gasteiger partial charge >= 0.3 is 0 Å². The van der Waals surface area contributed by atoms with Gasteiger partial charge in [-0.05, 0) is 29.7 Å². The van der Waals surface area contributed by atoms with Crippen LogP contribution in [-0.4, -0.2) is 37.1 Å². The molecule has 1 N–H and O–H groups in total. The lowest BCUT2D eigenvalue weighted by Gasteiger charge is -2.23. The number of ether oxygens (including phenoxy) is 1. The molecular formula is C14H18N2O2. The van der Waals surface area contributed by atoms with Crippen LogP contribution in [0.25, 0.3) is 0 Å². The highest BCUT2D eigenvalue weighted by atomic mass is 16.5. The molecule has 2 aliphatic heterocycles. The summed E-state index contributed by atoms with van der Waals surface area (Å²) in [7, 11) is 1.87. The van der Waals surface area contributed by atoms with Crippen LogP contribution in [0.15, 0.2) is 18.2 Å². The third-order valence-electron chi connectivity index (χ3n) is 3.86. The molecule has 1 aromatic rings. The number of hydrogen-bond donors (Lipinski definition) is 1. The number of rotatable bonds is 2. The van der Waals surface area contributed by atoms with E-state index in [1.165, 1.54) is 11.1 Å². The zero-order valence-corrected chi connectivity index (χ0v) is 10.6. The fourth-order valence-corrected chi connectivity index (χ4v) is 2.62. The number of carbonyl (C=O) groups is 1. The third-order valence-corrected chi connectivity index (χ3v) is 3.86. The van der Waals surface area contributed by atoms with E-state index < -0.39 is 0 Å². The highest BCUT2D eigenvalue weighted by molar-refractivity contribution is 5.94. The van der Waals surface area contributed by atoms with Crippen molar-refractivity contribution in [3.8, 4) is 0 Å². The number of fused-ring (bicyclic) bond motifs is 1. The molecule has 1 amide bonds. The molecule has 4 nitrogen and oxygen atoms in total. The Morgan fingerprint density at radius 2 is 2.22 bits per heavy atom. The van der Waals surface area contributed by atoms with Gasteiger partial charge in [0.25, 0.3) is 5.91 Å². The van der Waals surface area contributed by atoms with Crippen molar-refractivity contribution in [3.63, 3.8) is 0 Å². The molecule has 1 fully saturated rings. The zero-order chi connectivity index (χ0) is 12.5. The SMILES string of the molecule is CN(C(=O)c1ccc2c(c1)CNC2)C1CCOC1. The van der Waals surface area contributed by atoms with Crippen LogP contribution < -0.4 is 5.32 Å². The van der Waals surface area contributed by atoms with Crippen molar-refractivity contribution in [2.75, 3.05) is 20.3 Å². The van der Waals surface area contributed by atoms with Gasteiger partial charge in [0, 0.05) is 32.3 Å². The molecule has 4 heteroatoms. The molecule has 2 aliphatic rings. The van der Waals surface area contributed by atoms with E-state index in [-0.39, 0.29) is 11.9 Å². The van der Waals surface area contributed by atoms with E-state index in [2.05, 4.69) is 11.4 Å². The van der Waals surface area contributed by atoms with Gasteiger partial charge in [-0.15, -0.1) is 0 Å². The fourth-order valence-electron chi connectivity index (χ4n) is 2.62. The maximum Gasteiger partial charge on any atom is 0.253 e. The minimum Gasteiger partial charge on any atom is -0.379 e. The molecule has 0 saturated carbocycles. The minimum absolute atomic E-state index is 0.0974. The van der Waals surface area contributed by atoms with Gasteiger partial charge in [-0.1, -0.05) is 6.07 Å². The average Bonchev–Trinajstić information content (AvgIpc) is 3.06. The lowest BCUT2D eigenvalue weighted by Crippen LogP contribution is -2.37. The summed E-state index contributed by atoms with van der Waals surface area (Å²) in [5.74, 6) is 0.0974. The summed E-state index contributed by atoms with van der Waals surface area (Å²) in [6.07, 6.45) is 0.939. The van der Waals surface area contributed by atoms with Gasteiger partial charge in [-0.3, -0.25) is 4.79 Å². The Kier molecular flexibility index (Phi) is 3.06. The standard InChI is InChI=1S/C14H18N2O2/c1-16(13-4-5-18-9-13)14(17)10-2-3-11-7-15-8-12(11)6-10/h2-3,6,13,15H,4-5,7-9H2,1H3. The molecule has 1 aromatic carbocycles. The first-order chi connectivity index (χ1) is 8.75. The molecule has 2 heterocycles. The molecule has 1 atom stereocenters. The van der Waals surface area contributed by atoms with E-state index in [4.69, 9.17) is 4.74 Å². The van der Waals surface area contributed by atoms with Crippen LogP contribution >= 0.6 is 0 Å². The number of nitrogens with zero attached hydrogens (tertiary/aromatic N) is 1. The summed E-state index contributed by atoms with van der Waals surface area (Å²) in [6.45, 7) is 3.20. The Balaban J connectivity index is 1.79. The van der Waals surface area contributed by atoms with E-state index >= 15 is 0 Å². The van der Waals surface area contributed by atoms with Gasteiger partial charge in [-0.2, -0.15) is 0 Å². The Morgan fingerprint density at radius 3 is 3.00 bits per heavy atom. The second kappa shape index (κ2) is 4.71. The largest absolute Gasteiger partial charge is 0.379 e. The van der Waals surface area contributed by atoms with Crippen molar-refractivity contribution in [1.29, 1.82) is 0 Å². The highest BCUT2D eigenvalue weighted by Gasteiger charge is 2.25. The molecule has 0 aromatic heterocycles. The van der Waals surface area contributed by atoms with Crippen molar-refractivity contribution >= 4 is 5.91 Å². The van der Waals surface area contributed by atoms with Crippen molar-refractivity contribution < 1.29 is 9.53 Å². The van der Waals surface area contributed by atoms with Crippen LogP contribution in [0.2, 0.25) is 0 Å². The van der Waals surface area contributed by atoms with Gasteiger partial charge in [0.15, 0.2) is 0 Å². The molecule has 96 valence electrons. The van der Waals surface area contributed by atoms with Crippen LogP contribution in [-0.2, 0) is 17.8 Å². The summed E-state index contributed by atoms with van der Waals surface area (Å²) in [5.41, 5.74) is 3.34. The number of nitrogens with one attached hydrogen (secondary N) is 1. The maximum atomic E-state index is 12.4. The van der Waals surface area contributed by atoms with Crippen molar-refractivity contribution in [3.05, 3.63) is 34.9 Å². The molecule has 18 heavy (non-hydrogen) atoms. The summed E-state index contributed by atoms with van der Waals surface area (Å²) in [4.78, 5) is 14.2. The third kappa shape index (κ3) is 2.02. The summed E-state index contributed by atoms with van der Waals surface area (Å²) < 4.78 is 5.33. The van der Waals surface area contributed by atoms with E-state index in [1.807, 2.05) is 24.1 Å². The average molecular weight is 246 g/mol. The van der Waals surface area contributed by atoms with Gasteiger partial charge in [-0.25, -0.2) is 0 Å². The Labute approximate surface area is 107 Å². The fraction of sp³-hybridized carbons (Fsp3) is 0.500. The molecule has 0 radical (unpaired) electrons. The van der Waals surface area contributed by atoms with Crippen LogP contribution in [0.4, 0.5) is 0 Å². The van der Waals surface area contributed by atoms with Crippen LogP contribution in [0.3, 0.4) is 0 Å². The number of likely N-dealkylation sites (N-methyl/N-ethyl adjacent to an activating group) is 1. The van der Waals surface area contributed by atoms with Crippen molar-refractivity contribution in [1.82, 2.24) is 10.2 Å². The number of hydrogen-bond acceptors (Lipinski definition) is 3. The lowest BCUT2D eigenvalue weighted by molar-refractivity contribution is 0.0711. The predicted molar refractivity (Wildman–Crippen MR) is 68.3 cm³/mol. The first kappa shape index (κ1) is 11.7. The van der Waals surface area contributed by atoms with Crippen molar-refractivity contribution in [2.24, 2.45) is 0 Å². The zero-order valence-electron chi connectivity index (χ0n) is 10.6.